The van der Waals surface area contributed by atoms with Crippen LogP contribution in [0.15, 0.2) is 18.2 Å². The highest BCUT2D eigenvalue weighted by molar-refractivity contribution is 5.94. The van der Waals surface area contributed by atoms with Crippen LogP contribution in [0.5, 0.6) is 5.75 Å². The zero-order valence-corrected chi connectivity index (χ0v) is 12.0. The van der Waals surface area contributed by atoms with Gasteiger partial charge in [0.2, 0.25) is 5.91 Å². The van der Waals surface area contributed by atoms with Gasteiger partial charge in [-0.25, -0.2) is 0 Å². The average molecular weight is 264 g/mol. The Balaban J connectivity index is 2.89. The second-order valence-electron chi connectivity index (χ2n) is 4.67. The molecule has 0 fully saturated rings. The van der Waals surface area contributed by atoms with Crippen molar-refractivity contribution in [1.82, 2.24) is 0 Å². The quantitative estimate of drug-likeness (QED) is 0.758. The number of ether oxygens (including phenoxy) is 1. The predicted molar refractivity (Wildman–Crippen MR) is 78.7 cm³/mol. The lowest BCUT2D eigenvalue weighted by atomic mass is 10.1. The molecule has 1 rings (SSSR count). The van der Waals surface area contributed by atoms with Crippen LogP contribution in [0.3, 0.4) is 0 Å². The lowest BCUT2D eigenvalue weighted by Gasteiger charge is -2.20. The summed E-state index contributed by atoms with van der Waals surface area (Å²) in [4.78, 5) is 11.2. The summed E-state index contributed by atoms with van der Waals surface area (Å²) in [6.07, 6.45) is 4.50. The molecule has 0 aliphatic carbocycles. The molecule has 1 aromatic carbocycles. The average Bonchev–Trinajstić information content (AvgIpc) is 2.43. The van der Waals surface area contributed by atoms with Crippen molar-refractivity contribution in [3.63, 3.8) is 0 Å². The van der Waals surface area contributed by atoms with Crippen LogP contribution < -0.4 is 15.8 Å². The van der Waals surface area contributed by atoms with Gasteiger partial charge in [-0.05, 0) is 31.0 Å². The Labute approximate surface area is 115 Å². The molecule has 1 amide bonds. The smallest absolute Gasteiger partial charge is 0.248 e. The second kappa shape index (κ2) is 7.67. The maximum absolute atomic E-state index is 11.2. The standard InChI is InChI=1S/C15H24N2O2/c1-4-6-7-12(5-2)17-13-10-11(15(16)18)8-9-14(13)19-3/h8-10,12,17H,4-7H2,1-3H3,(H2,16,18). The number of carbonyl (C=O) groups excluding carboxylic acids is 1. The van der Waals surface area contributed by atoms with Crippen LogP contribution in [-0.4, -0.2) is 19.1 Å². The number of amides is 1. The Morgan fingerprint density at radius 1 is 1.42 bits per heavy atom. The van der Waals surface area contributed by atoms with E-state index in [0.29, 0.717) is 11.6 Å². The largest absolute Gasteiger partial charge is 0.495 e. The Bertz CT molecular complexity index is 419. The third-order valence-corrected chi connectivity index (χ3v) is 3.24. The van der Waals surface area contributed by atoms with E-state index in [2.05, 4.69) is 19.2 Å². The van der Waals surface area contributed by atoms with Gasteiger partial charge >= 0.3 is 0 Å². The number of carbonyl (C=O) groups is 1. The van der Waals surface area contributed by atoms with E-state index in [-0.39, 0.29) is 0 Å². The molecule has 1 aromatic rings. The van der Waals surface area contributed by atoms with Crippen LogP contribution in [0.4, 0.5) is 5.69 Å². The number of benzene rings is 1. The molecule has 0 saturated carbocycles. The highest BCUT2D eigenvalue weighted by Gasteiger charge is 2.11. The first kappa shape index (κ1) is 15.3. The molecular weight excluding hydrogens is 240 g/mol. The van der Waals surface area contributed by atoms with Crippen molar-refractivity contribution in [2.75, 3.05) is 12.4 Å². The summed E-state index contributed by atoms with van der Waals surface area (Å²) >= 11 is 0. The zero-order chi connectivity index (χ0) is 14.3. The van der Waals surface area contributed by atoms with Crippen LogP contribution in [0, 0.1) is 0 Å². The molecule has 3 N–H and O–H groups in total. The fourth-order valence-corrected chi connectivity index (χ4v) is 2.02. The van der Waals surface area contributed by atoms with Gasteiger partial charge in [0, 0.05) is 11.6 Å². The van der Waals surface area contributed by atoms with Gasteiger partial charge in [-0.15, -0.1) is 0 Å². The number of primary amides is 1. The SMILES string of the molecule is CCCCC(CC)Nc1cc(C(N)=O)ccc1OC. The zero-order valence-electron chi connectivity index (χ0n) is 12.0. The summed E-state index contributed by atoms with van der Waals surface area (Å²) < 4.78 is 5.32. The first-order valence-electron chi connectivity index (χ1n) is 6.86. The number of rotatable bonds is 8. The van der Waals surface area contributed by atoms with Gasteiger partial charge in [0.15, 0.2) is 0 Å². The molecule has 4 nitrogen and oxygen atoms in total. The maximum atomic E-state index is 11.2. The molecule has 1 atom stereocenters. The number of hydrogen-bond donors (Lipinski definition) is 2. The van der Waals surface area contributed by atoms with E-state index in [0.717, 1.165) is 24.3 Å². The predicted octanol–water partition coefficient (Wildman–Crippen LogP) is 3.17. The third-order valence-electron chi connectivity index (χ3n) is 3.24. The maximum Gasteiger partial charge on any atom is 0.248 e. The van der Waals surface area contributed by atoms with Gasteiger partial charge in [-0.1, -0.05) is 26.7 Å². The topological polar surface area (TPSA) is 64.3 Å². The number of hydrogen-bond acceptors (Lipinski definition) is 3. The van der Waals surface area contributed by atoms with E-state index < -0.39 is 5.91 Å². The lowest BCUT2D eigenvalue weighted by molar-refractivity contribution is 0.100. The summed E-state index contributed by atoms with van der Waals surface area (Å²) in [5, 5.41) is 3.45. The molecule has 0 bridgehead atoms. The highest BCUT2D eigenvalue weighted by atomic mass is 16.5. The van der Waals surface area contributed by atoms with Gasteiger partial charge in [-0.2, -0.15) is 0 Å². The molecule has 0 radical (unpaired) electrons. The van der Waals surface area contributed by atoms with Gasteiger partial charge in [0.05, 0.1) is 12.8 Å². The minimum Gasteiger partial charge on any atom is -0.495 e. The molecule has 0 saturated heterocycles. The van der Waals surface area contributed by atoms with E-state index in [1.807, 2.05) is 0 Å². The fraction of sp³-hybridized carbons (Fsp3) is 0.533. The van der Waals surface area contributed by atoms with Crippen LogP contribution in [0.2, 0.25) is 0 Å². The summed E-state index contributed by atoms with van der Waals surface area (Å²) in [5.41, 5.74) is 6.64. The number of nitrogens with two attached hydrogens (primary N) is 1. The van der Waals surface area contributed by atoms with Crippen molar-refractivity contribution >= 4 is 11.6 Å². The Kier molecular flexibility index (Phi) is 6.19. The second-order valence-corrected chi connectivity index (χ2v) is 4.67. The number of nitrogens with one attached hydrogen (secondary N) is 1. The van der Waals surface area contributed by atoms with Gasteiger partial charge < -0.3 is 15.8 Å². The number of anilines is 1. The molecule has 4 heteroatoms. The molecule has 0 spiro atoms. The van der Waals surface area contributed by atoms with E-state index in [9.17, 15) is 4.79 Å². The van der Waals surface area contributed by atoms with E-state index in [1.54, 1.807) is 25.3 Å². The van der Waals surface area contributed by atoms with Crippen LogP contribution in [-0.2, 0) is 0 Å². The van der Waals surface area contributed by atoms with Crippen molar-refractivity contribution < 1.29 is 9.53 Å². The molecule has 0 heterocycles. The minimum absolute atomic E-state index is 0.386. The fourth-order valence-electron chi connectivity index (χ4n) is 2.02. The molecule has 19 heavy (non-hydrogen) atoms. The number of unbranched alkanes of at least 4 members (excludes halogenated alkanes) is 1. The lowest BCUT2D eigenvalue weighted by Crippen LogP contribution is -2.19. The molecule has 106 valence electrons. The monoisotopic (exact) mass is 264 g/mol. The highest BCUT2D eigenvalue weighted by Crippen LogP contribution is 2.27. The van der Waals surface area contributed by atoms with Crippen molar-refractivity contribution in [2.24, 2.45) is 5.73 Å². The van der Waals surface area contributed by atoms with E-state index >= 15 is 0 Å². The van der Waals surface area contributed by atoms with Crippen molar-refractivity contribution in [3.05, 3.63) is 23.8 Å². The van der Waals surface area contributed by atoms with Crippen LogP contribution in [0.25, 0.3) is 0 Å². The Morgan fingerprint density at radius 2 is 2.16 bits per heavy atom. The van der Waals surface area contributed by atoms with Crippen molar-refractivity contribution in [3.8, 4) is 5.75 Å². The van der Waals surface area contributed by atoms with Crippen molar-refractivity contribution in [1.29, 1.82) is 0 Å². The third kappa shape index (κ3) is 4.47. The molecular formula is C15H24N2O2. The summed E-state index contributed by atoms with van der Waals surface area (Å²) in [5.74, 6) is 0.312. The summed E-state index contributed by atoms with van der Waals surface area (Å²) in [6.45, 7) is 4.33. The van der Waals surface area contributed by atoms with Gasteiger partial charge in [0.1, 0.15) is 5.75 Å². The molecule has 1 unspecified atom stereocenters. The summed E-state index contributed by atoms with van der Waals surface area (Å²) in [6, 6.07) is 5.60. The van der Waals surface area contributed by atoms with Gasteiger partial charge in [-0.3, -0.25) is 4.79 Å². The van der Waals surface area contributed by atoms with E-state index in [1.165, 1.54) is 12.8 Å². The van der Waals surface area contributed by atoms with Crippen LogP contribution >= 0.6 is 0 Å². The molecule has 0 aliphatic heterocycles. The van der Waals surface area contributed by atoms with Gasteiger partial charge in [0.25, 0.3) is 0 Å². The minimum atomic E-state index is -0.424. The van der Waals surface area contributed by atoms with E-state index in [4.69, 9.17) is 10.5 Å². The number of methoxy groups -OCH3 is 1. The molecule has 0 aliphatic rings. The first-order valence-corrected chi connectivity index (χ1v) is 6.86. The Hall–Kier alpha value is -1.71. The summed E-state index contributed by atoms with van der Waals surface area (Å²) in [7, 11) is 1.62. The first-order chi connectivity index (χ1) is 9.12. The molecule has 0 aromatic heterocycles. The normalized spacial score (nSPS) is 11.9. The van der Waals surface area contributed by atoms with Crippen LogP contribution in [0.1, 0.15) is 49.9 Å². The van der Waals surface area contributed by atoms with Crippen molar-refractivity contribution in [2.45, 2.75) is 45.6 Å². The Morgan fingerprint density at radius 3 is 2.68 bits per heavy atom.